The zero-order valence-corrected chi connectivity index (χ0v) is 19.3. The predicted molar refractivity (Wildman–Crippen MR) is 131 cm³/mol. The van der Waals surface area contributed by atoms with Crippen LogP contribution >= 0.6 is 11.6 Å². The molecule has 0 saturated carbocycles. The molecule has 4 rings (SSSR count). The number of aryl methyl sites for hydroxylation is 2. The number of carbonyl (C=O) groups excluding carboxylic acids is 2. The van der Waals surface area contributed by atoms with Gasteiger partial charge < -0.3 is 5.32 Å². The van der Waals surface area contributed by atoms with Gasteiger partial charge in [0.1, 0.15) is 5.70 Å². The third-order valence-corrected chi connectivity index (χ3v) is 5.78. The Kier molecular flexibility index (Phi) is 5.90. The van der Waals surface area contributed by atoms with E-state index >= 15 is 0 Å². The number of nitrogens with one attached hydrogen (secondary N) is 1. The number of amides is 2. The average molecular weight is 445 g/mol. The second-order valence-electron chi connectivity index (χ2n) is 8.45. The van der Waals surface area contributed by atoms with E-state index in [0.29, 0.717) is 27.8 Å². The fourth-order valence-corrected chi connectivity index (χ4v) is 4.07. The van der Waals surface area contributed by atoms with Crippen molar-refractivity contribution in [2.75, 3.05) is 10.2 Å². The number of imide groups is 1. The monoisotopic (exact) mass is 444 g/mol. The lowest BCUT2D eigenvalue weighted by molar-refractivity contribution is -0.120. The van der Waals surface area contributed by atoms with Crippen LogP contribution in [0.3, 0.4) is 0 Å². The maximum atomic E-state index is 13.5. The molecule has 0 aromatic heterocycles. The number of anilines is 2. The molecule has 0 fully saturated rings. The Morgan fingerprint density at radius 2 is 1.41 bits per heavy atom. The summed E-state index contributed by atoms with van der Waals surface area (Å²) in [5.41, 5.74) is 5.72. The van der Waals surface area contributed by atoms with E-state index in [1.807, 2.05) is 56.3 Å². The summed E-state index contributed by atoms with van der Waals surface area (Å²) in [5, 5.41) is 3.78. The minimum absolute atomic E-state index is 0.258. The normalized spacial score (nSPS) is 14.0. The van der Waals surface area contributed by atoms with Crippen LogP contribution in [0.2, 0.25) is 5.02 Å². The molecule has 2 amide bonds. The molecule has 4 nitrogen and oxygen atoms in total. The number of benzene rings is 3. The van der Waals surface area contributed by atoms with Crippen LogP contribution in [0.5, 0.6) is 0 Å². The number of halogens is 1. The molecule has 162 valence electrons. The zero-order valence-electron chi connectivity index (χ0n) is 18.6. The van der Waals surface area contributed by atoms with Crippen LogP contribution in [-0.4, -0.2) is 11.8 Å². The number of hydrogen-bond donors (Lipinski definition) is 1. The second-order valence-corrected chi connectivity index (χ2v) is 8.89. The van der Waals surface area contributed by atoms with Crippen molar-refractivity contribution < 1.29 is 9.59 Å². The Balaban J connectivity index is 1.80. The Morgan fingerprint density at radius 1 is 0.812 bits per heavy atom. The molecule has 0 spiro atoms. The molecule has 3 aromatic carbocycles. The van der Waals surface area contributed by atoms with E-state index < -0.39 is 0 Å². The first-order valence-electron chi connectivity index (χ1n) is 10.6. The first kappa shape index (κ1) is 21.8. The van der Waals surface area contributed by atoms with E-state index in [4.69, 9.17) is 11.6 Å². The number of hydrogen-bond acceptors (Lipinski definition) is 3. The first-order chi connectivity index (χ1) is 15.2. The Morgan fingerprint density at radius 3 is 1.97 bits per heavy atom. The van der Waals surface area contributed by atoms with Gasteiger partial charge in [-0.2, -0.15) is 0 Å². The quantitative estimate of drug-likeness (QED) is 0.458. The Hall–Kier alpha value is -3.37. The highest BCUT2D eigenvalue weighted by atomic mass is 35.5. The van der Waals surface area contributed by atoms with Gasteiger partial charge in [0.05, 0.1) is 11.3 Å². The third-order valence-electron chi connectivity index (χ3n) is 5.53. The van der Waals surface area contributed by atoms with Crippen LogP contribution in [0, 0.1) is 13.8 Å². The molecule has 1 aliphatic rings. The lowest BCUT2D eigenvalue weighted by Crippen LogP contribution is -2.32. The van der Waals surface area contributed by atoms with Gasteiger partial charge >= 0.3 is 0 Å². The molecule has 0 atom stereocenters. The van der Waals surface area contributed by atoms with E-state index in [2.05, 4.69) is 19.2 Å². The van der Waals surface area contributed by atoms with Crippen LogP contribution in [0.25, 0.3) is 5.57 Å². The summed E-state index contributed by atoms with van der Waals surface area (Å²) in [6, 6.07) is 20.6. The van der Waals surface area contributed by atoms with Crippen LogP contribution < -0.4 is 10.2 Å². The van der Waals surface area contributed by atoms with Crippen molar-refractivity contribution in [3.05, 3.63) is 99.7 Å². The van der Waals surface area contributed by atoms with Crippen molar-refractivity contribution in [3.63, 3.8) is 0 Å². The topological polar surface area (TPSA) is 49.4 Å². The molecule has 0 radical (unpaired) electrons. The summed E-state index contributed by atoms with van der Waals surface area (Å²) in [7, 11) is 0. The second kappa shape index (κ2) is 8.64. The van der Waals surface area contributed by atoms with Gasteiger partial charge in [-0.05, 0) is 78.4 Å². The van der Waals surface area contributed by atoms with E-state index in [9.17, 15) is 9.59 Å². The Labute approximate surface area is 193 Å². The maximum absolute atomic E-state index is 13.5. The highest BCUT2D eigenvalue weighted by Gasteiger charge is 2.40. The minimum atomic E-state index is -0.377. The van der Waals surface area contributed by atoms with E-state index in [0.717, 1.165) is 16.8 Å². The van der Waals surface area contributed by atoms with Gasteiger partial charge in [0.15, 0.2) is 0 Å². The van der Waals surface area contributed by atoms with Crippen molar-refractivity contribution >= 4 is 40.4 Å². The standard InChI is InChI=1S/C27H25ClN2O2/c1-16(2)19-7-11-22(12-8-19)29-25-24(20-5-9-21(28)10-6-20)26(31)30(27(25)32)23-14-17(3)13-18(4)15-23/h5-16,29H,1-4H3. The van der Waals surface area contributed by atoms with Crippen molar-refractivity contribution in [1.82, 2.24) is 0 Å². The molecule has 5 heteroatoms. The highest BCUT2D eigenvalue weighted by molar-refractivity contribution is 6.46. The molecule has 3 aromatic rings. The van der Waals surface area contributed by atoms with Gasteiger partial charge in [-0.1, -0.05) is 55.8 Å². The number of carbonyl (C=O) groups is 2. The SMILES string of the molecule is Cc1cc(C)cc(N2C(=O)C(Nc3ccc(C(C)C)cc3)=C(c3ccc(Cl)cc3)C2=O)c1. The summed E-state index contributed by atoms with van der Waals surface area (Å²) in [6.45, 7) is 8.16. The predicted octanol–water partition coefficient (Wildman–Crippen LogP) is 6.48. The number of rotatable bonds is 5. The molecule has 32 heavy (non-hydrogen) atoms. The van der Waals surface area contributed by atoms with Gasteiger partial charge in [0, 0.05) is 10.7 Å². The average Bonchev–Trinajstić information content (AvgIpc) is 2.98. The van der Waals surface area contributed by atoms with Crippen LogP contribution in [-0.2, 0) is 9.59 Å². The van der Waals surface area contributed by atoms with Crippen LogP contribution in [0.4, 0.5) is 11.4 Å². The molecule has 0 saturated heterocycles. The van der Waals surface area contributed by atoms with Gasteiger partial charge in [-0.25, -0.2) is 4.90 Å². The van der Waals surface area contributed by atoms with E-state index in [1.54, 1.807) is 24.3 Å². The summed E-state index contributed by atoms with van der Waals surface area (Å²) in [5.74, 6) is -0.329. The summed E-state index contributed by atoms with van der Waals surface area (Å²) < 4.78 is 0. The highest BCUT2D eigenvalue weighted by Crippen LogP contribution is 2.35. The van der Waals surface area contributed by atoms with Crippen LogP contribution in [0.15, 0.2) is 72.4 Å². The lowest BCUT2D eigenvalue weighted by Gasteiger charge is -2.17. The van der Waals surface area contributed by atoms with Crippen LogP contribution in [0.1, 0.15) is 42.0 Å². The molecule has 0 bridgehead atoms. The number of nitrogens with zero attached hydrogens (tertiary/aromatic N) is 1. The van der Waals surface area contributed by atoms with E-state index in [-0.39, 0.29) is 17.5 Å². The molecular formula is C27H25ClN2O2. The summed E-state index contributed by atoms with van der Waals surface area (Å²) >= 11 is 6.06. The van der Waals surface area contributed by atoms with Crippen molar-refractivity contribution in [1.29, 1.82) is 0 Å². The molecule has 0 unspecified atom stereocenters. The van der Waals surface area contributed by atoms with Gasteiger partial charge in [0.25, 0.3) is 11.8 Å². The summed E-state index contributed by atoms with van der Waals surface area (Å²) in [6.07, 6.45) is 0. The fourth-order valence-electron chi connectivity index (χ4n) is 3.94. The first-order valence-corrected chi connectivity index (χ1v) is 11.0. The third kappa shape index (κ3) is 4.19. The van der Waals surface area contributed by atoms with Gasteiger partial charge in [-0.3, -0.25) is 9.59 Å². The molecular weight excluding hydrogens is 420 g/mol. The molecule has 1 heterocycles. The largest absolute Gasteiger partial charge is 0.350 e. The maximum Gasteiger partial charge on any atom is 0.282 e. The van der Waals surface area contributed by atoms with Gasteiger partial charge in [-0.15, -0.1) is 0 Å². The smallest absolute Gasteiger partial charge is 0.282 e. The van der Waals surface area contributed by atoms with E-state index in [1.165, 1.54) is 10.5 Å². The minimum Gasteiger partial charge on any atom is -0.350 e. The van der Waals surface area contributed by atoms with Crippen molar-refractivity contribution in [2.24, 2.45) is 0 Å². The summed E-state index contributed by atoms with van der Waals surface area (Å²) in [4.78, 5) is 28.3. The molecule has 0 aliphatic carbocycles. The molecule has 1 aliphatic heterocycles. The lowest BCUT2D eigenvalue weighted by atomic mass is 10.0. The van der Waals surface area contributed by atoms with Gasteiger partial charge in [0.2, 0.25) is 0 Å². The Bertz CT molecular complexity index is 1210. The van der Waals surface area contributed by atoms with Crippen molar-refractivity contribution in [2.45, 2.75) is 33.6 Å². The molecule has 1 N–H and O–H groups in total. The fraction of sp³-hybridized carbons (Fsp3) is 0.185. The van der Waals surface area contributed by atoms with Crippen molar-refractivity contribution in [3.8, 4) is 0 Å². The zero-order chi connectivity index (χ0) is 23.0.